The molecule has 60 valence electrons. The molecule has 0 bridgehead atoms. The Bertz CT molecular complexity index is 105. The topological polar surface area (TPSA) is 12.0 Å². The molecule has 0 amide bonds. The van der Waals surface area contributed by atoms with Gasteiger partial charge in [0.1, 0.15) is 0 Å². The highest BCUT2D eigenvalue weighted by atomic mass is 19.3. The molecule has 0 aromatic rings. The molecular weight excluding hydrogens is 136 g/mol. The zero-order valence-corrected chi connectivity index (χ0v) is 6.16. The van der Waals surface area contributed by atoms with Crippen molar-refractivity contribution in [2.75, 3.05) is 6.54 Å². The molecule has 10 heavy (non-hydrogen) atoms. The molecule has 1 nitrogen and oxygen atoms in total. The van der Waals surface area contributed by atoms with Gasteiger partial charge in [-0.15, -0.1) is 0 Å². The lowest BCUT2D eigenvalue weighted by Crippen LogP contribution is -2.23. The van der Waals surface area contributed by atoms with E-state index in [0.717, 1.165) is 19.8 Å². The van der Waals surface area contributed by atoms with E-state index in [9.17, 15) is 8.78 Å². The van der Waals surface area contributed by atoms with E-state index in [0.29, 0.717) is 12.6 Å². The third kappa shape index (κ3) is 3.77. The minimum Gasteiger partial charge on any atom is -0.314 e. The zero-order valence-electron chi connectivity index (χ0n) is 6.16. The lowest BCUT2D eigenvalue weighted by molar-refractivity contribution is 0.0134. The third-order valence-electron chi connectivity index (χ3n) is 1.57. The van der Waals surface area contributed by atoms with Gasteiger partial charge in [-0.25, -0.2) is 8.78 Å². The Balaban J connectivity index is 1.93. The standard InChI is InChI=1S/C7H13F2N/c1-7(8,9)4-5-10-6-2-3-6/h6,10H,2-5H2,1H3. The van der Waals surface area contributed by atoms with Crippen LogP contribution in [0.4, 0.5) is 8.78 Å². The van der Waals surface area contributed by atoms with Gasteiger partial charge in [0.05, 0.1) is 0 Å². The molecule has 1 saturated carbocycles. The number of alkyl halides is 2. The van der Waals surface area contributed by atoms with Gasteiger partial charge in [-0.05, 0) is 19.8 Å². The number of rotatable bonds is 4. The monoisotopic (exact) mass is 149 g/mol. The molecule has 1 N–H and O–H groups in total. The predicted molar refractivity (Wildman–Crippen MR) is 36.3 cm³/mol. The molecule has 0 heterocycles. The minimum atomic E-state index is -2.50. The van der Waals surface area contributed by atoms with Gasteiger partial charge in [-0.3, -0.25) is 0 Å². The van der Waals surface area contributed by atoms with E-state index in [1.54, 1.807) is 0 Å². The summed E-state index contributed by atoms with van der Waals surface area (Å²) in [6.07, 6.45) is 2.29. The lowest BCUT2D eigenvalue weighted by atomic mass is 10.3. The molecule has 0 spiro atoms. The van der Waals surface area contributed by atoms with Crippen LogP contribution in [0.1, 0.15) is 26.2 Å². The third-order valence-corrected chi connectivity index (χ3v) is 1.57. The Hall–Kier alpha value is -0.180. The fourth-order valence-corrected chi connectivity index (χ4v) is 0.783. The summed E-state index contributed by atoms with van der Waals surface area (Å²) in [5.41, 5.74) is 0. The molecular formula is C7H13F2N. The van der Waals surface area contributed by atoms with Gasteiger partial charge in [-0.2, -0.15) is 0 Å². The molecule has 0 saturated heterocycles. The molecule has 0 atom stereocenters. The lowest BCUT2D eigenvalue weighted by Gasteiger charge is -2.09. The van der Waals surface area contributed by atoms with Gasteiger partial charge in [0, 0.05) is 19.0 Å². The summed E-state index contributed by atoms with van der Waals surface area (Å²) in [5.74, 6) is -2.50. The largest absolute Gasteiger partial charge is 0.314 e. The molecule has 0 aliphatic heterocycles. The van der Waals surface area contributed by atoms with Gasteiger partial charge in [0.25, 0.3) is 0 Å². The Labute approximate surface area is 59.8 Å². The van der Waals surface area contributed by atoms with Crippen molar-refractivity contribution in [2.24, 2.45) is 0 Å². The fraction of sp³-hybridized carbons (Fsp3) is 1.00. The van der Waals surface area contributed by atoms with Crippen LogP contribution < -0.4 is 5.32 Å². The van der Waals surface area contributed by atoms with Crippen LogP contribution in [0.5, 0.6) is 0 Å². The van der Waals surface area contributed by atoms with E-state index in [4.69, 9.17) is 0 Å². The van der Waals surface area contributed by atoms with Gasteiger partial charge in [0.2, 0.25) is 5.92 Å². The highest BCUT2D eigenvalue weighted by Crippen LogP contribution is 2.20. The number of nitrogens with one attached hydrogen (secondary N) is 1. The van der Waals surface area contributed by atoms with Crippen LogP contribution in [0.2, 0.25) is 0 Å². The van der Waals surface area contributed by atoms with E-state index in [1.807, 2.05) is 0 Å². The minimum absolute atomic E-state index is 0.0382. The van der Waals surface area contributed by atoms with E-state index < -0.39 is 5.92 Å². The van der Waals surface area contributed by atoms with Gasteiger partial charge >= 0.3 is 0 Å². The maximum atomic E-state index is 12.2. The number of hydrogen-bond donors (Lipinski definition) is 1. The molecule has 1 aliphatic carbocycles. The Morgan fingerprint density at radius 2 is 2.10 bits per heavy atom. The van der Waals surface area contributed by atoms with Crippen molar-refractivity contribution >= 4 is 0 Å². The van der Waals surface area contributed by atoms with Crippen molar-refractivity contribution in [3.8, 4) is 0 Å². The quantitative estimate of drug-likeness (QED) is 0.642. The van der Waals surface area contributed by atoms with Crippen molar-refractivity contribution in [1.29, 1.82) is 0 Å². The Morgan fingerprint density at radius 3 is 2.50 bits per heavy atom. The first-order chi connectivity index (χ1) is 4.58. The highest BCUT2D eigenvalue weighted by Gasteiger charge is 2.24. The molecule has 0 aromatic heterocycles. The SMILES string of the molecule is CC(F)(F)CCNC1CC1. The number of halogens is 2. The van der Waals surface area contributed by atoms with E-state index in [1.165, 1.54) is 0 Å². The first-order valence-corrected chi connectivity index (χ1v) is 3.69. The van der Waals surface area contributed by atoms with Crippen LogP contribution in [0.15, 0.2) is 0 Å². The summed E-state index contributed by atoms with van der Waals surface area (Å²) in [4.78, 5) is 0. The maximum Gasteiger partial charge on any atom is 0.246 e. The summed E-state index contributed by atoms with van der Waals surface area (Å²) in [5, 5.41) is 3.03. The van der Waals surface area contributed by atoms with Crippen LogP contribution in [0.25, 0.3) is 0 Å². The molecule has 0 radical (unpaired) electrons. The van der Waals surface area contributed by atoms with Crippen LogP contribution >= 0.6 is 0 Å². The normalized spacial score (nSPS) is 19.5. The molecule has 1 rings (SSSR count). The summed E-state index contributed by atoms with van der Waals surface area (Å²) in [7, 11) is 0. The summed E-state index contributed by atoms with van der Waals surface area (Å²) >= 11 is 0. The van der Waals surface area contributed by atoms with Crippen molar-refractivity contribution in [2.45, 2.75) is 38.2 Å². The summed E-state index contributed by atoms with van der Waals surface area (Å²) in [6, 6.07) is 0.544. The first-order valence-electron chi connectivity index (χ1n) is 3.69. The molecule has 0 aromatic carbocycles. The van der Waals surface area contributed by atoms with Crippen LogP contribution in [0.3, 0.4) is 0 Å². The van der Waals surface area contributed by atoms with Crippen molar-refractivity contribution < 1.29 is 8.78 Å². The predicted octanol–water partition coefficient (Wildman–Crippen LogP) is 1.78. The van der Waals surface area contributed by atoms with E-state index in [2.05, 4.69) is 5.32 Å². The van der Waals surface area contributed by atoms with Crippen LogP contribution in [0, 0.1) is 0 Å². The molecule has 3 heteroatoms. The van der Waals surface area contributed by atoms with Gasteiger partial charge < -0.3 is 5.32 Å². The zero-order chi connectivity index (χ0) is 7.61. The smallest absolute Gasteiger partial charge is 0.246 e. The van der Waals surface area contributed by atoms with Crippen LogP contribution in [-0.2, 0) is 0 Å². The van der Waals surface area contributed by atoms with Crippen molar-refractivity contribution in [3.05, 3.63) is 0 Å². The van der Waals surface area contributed by atoms with Crippen molar-refractivity contribution in [1.82, 2.24) is 5.32 Å². The fourth-order valence-electron chi connectivity index (χ4n) is 0.783. The van der Waals surface area contributed by atoms with Gasteiger partial charge in [0.15, 0.2) is 0 Å². The van der Waals surface area contributed by atoms with Crippen molar-refractivity contribution in [3.63, 3.8) is 0 Å². The second-order valence-electron chi connectivity index (χ2n) is 3.05. The number of hydrogen-bond acceptors (Lipinski definition) is 1. The Kier molecular flexibility index (Phi) is 2.24. The van der Waals surface area contributed by atoms with E-state index >= 15 is 0 Å². The molecule has 0 unspecified atom stereocenters. The highest BCUT2D eigenvalue weighted by molar-refractivity contribution is 4.81. The average Bonchev–Trinajstić information content (AvgIpc) is 2.45. The van der Waals surface area contributed by atoms with Crippen LogP contribution in [-0.4, -0.2) is 18.5 Å². The summed E-state index contributed by atoms with van der Waals surface area (Å²) < 4.78 is 24.3. The maximum absolute atomic E-state index is 12.2. The Morgan fingerprint density at radius 1 is 1.50 bits per heavy atom. The van der Waals surface area contributed by atoms with E-state index in [-0.39, 0.29) is 6.42 Å². The second kappa shape index (κ2) is 2.82. The average molecular weight is 149 g/mol. The molecule has 1 fully saturated rings. The second-order valence-corrected chi connectivity index (χ2v) is 3.05. The first kappa shape index (κ1) is 7.92. The summed E-state index contributed by atoms with van der Waals surface area (Å²) in [6.45, 7) is 1.41. The van der Waals surface area contributed by atoms with Gasteiger partial charge in [-0.1, -0.05) is 0 Å². The molecule has 1 aliphatic rings.